The van der Waals surface area contributed by atoms with E-state index < -0.39 is 0 Å². The molecule has 1 unspecified atom stereocenters. The lowest BCUT2D eigenvalue weighted by atomic mass is 9.96. The molecule has 2 fully saturated rings. The fourth-order valence-electron chi connectivity index (χ4n) is 3.37. The van der Waals surface area contributed by atoms with E-state index in [-0.39, 0.29) is 17.7 Å². The number of piperidine rings is 1. The van der Waals surface area contributed by atoms with Gasteiger partial charge in [0.2, 0.25) is 11.8 Å². The monoisotopic (exact) mass is 353 g/mol. The van der Waals surface area contributed by atoms with Gasteiger partial charge in [-0.2, -0.15) is 0 Å². The number of aromatic nitrogens is 1. The molecule has 1 aromatic heterocycles. The predicted octanol–water partition coefficient (Wildman–Crippen LogP) is 2.78. The Balaban J connectivity index is 1.48. The largest absolute Gasteiger partial charge is 0.441 e. The lowest BCUT2D eigenvalue weighted by molar-refractivity contribution is -0.126. The minimum atomic E-state index is -0.155. The van der Waals surface area contributed by atoms with E-state index in [2.05, 4.69) is 10.3 Å². The summed E-state index contributed by atoms with van der Waals surface area (Å²) in [5.74, 6) is 0.753. The number of carbonyl (C=O) groups excluding carboxylic acids is 2. The number of nitrogens with one attached hydrogen (secondary N) is 1. The summed E-state index contributed by atoms with van der Waals surface area (Å²) in [6, 6.07) is 9.89. The quantitative estimate of drug-likeness (QED) is 0.917. The van der Waals surface area contributed by atoms with E-state index in [0.29, 0.717) is 36.5 Å². The van der Waals surface area contributed by atoms with E-state index >= 15 is 0 Å². The van der Waals surface area contributed by atoms with Gasteiger partial charge in [0.1, 0.15) is 5.76 Å². The van der Waals surface area contributed by atoms with Crippen LogP contribution in [0.4, 0.5) is 0 Å². The molecule has 2 aromatic rings. The smallest absolute Gasteiger partial charge is 0.276 e. The second kappa shape index (κ2) is 6.94. The number of rotatable bonds is 4. The lowest BCUT2D eigenvalue weighted by Gasteiger charge is -2.31. The van der Waals surface area contributed by atoms with E-state index in [1.54, 1.807) is 11.8 Å². The van der Waals surface area contributed by atoms with E-state index in [1.165, 1.54) is 0 Å². The molecule has 0 bridgehead atoms. The molecule has 2 aliphatic rings. The summed E-state index contributed by atoms with van der Waals surface area (Å²) >= 11 is 0. The molecule has 2 heterocycles. The van der Waals surface area contributed by atoms with Crippen LogP contribution in [0.3, 0.4) is 0 Å². The standard InChI is InChI=1S/C20H23N3O3/c1-13-17(22-19(26-13)14-6-3-2-4-7-14)20(25)23-11-5-8-15(12-23)18(24)21-16-9-10-16/h2-4,6-7,15-16H,5,8-12H2,1H3,(H,21,24). The van der Waals surface area contributed by atoms with Gasteiger partial charge in [-0.05, 0) is 44.7 Å². The van der Waals surface area contributed by atoms with Gasteiger partial charge in [0.05, 0.1) is 5.92 Å². The molecule has 1 saturated carbocycles. The first-order valence-electron chi connectivity index (χ1n) is 9.24. The van der Waals surface area contributed by atoms with E-state index in [1.807, 2.05) is 30.3 Å². The molecule has 2 amide bonds. The van der Waals surface area contributed by atoms with Crippen LogP contribution in [0.15, 0.2) is 34.7 Å². The van der Waals surface area contributed by atoms with Crippen molar-refractivity contribution in [2.45, 2.75) is 38.6 Å². The normalized spacial score (nSPS) is 20.0. The summed E-state index contributed by atoms with van der Waals surface area (Å²) in [6.07, 6.45) is 3.80. The number of carbonyl (C=O) groups is 2. The highest BCUT2D eigenvalue weighted by Gasteiger charge is 2.33. The molecule has 1 saturated heterocycles. The number of amides is 2. The van der Waals surface area contributed by atoms with Crippen LogP contribution < -0.4 is 5.32 Å². The molecular formula is C20H23N3O3. The Bertz CT molecular complexity index is 811. The lowest BCUT2D eigenvalue weighted by Crippen LogP contribution is -2.46. The maximum atomic E-state index is 12.9. The van der Waals surface area contributed by atoms with Gasteiger partial charge < -0.3 is 14.6 Å². The van der Waals surface area contributed by atoms with Crippen molar-refractivity contribution in [3.05, 3.63) is 41.8 Å². The fraction of sp³-hybridized carbons (Fsp3) is 0.450. The van der Waals surface area contributed by atoms with Crippen LogP contribution >= 0.6 is 0 Å². The van der Waals surface area contributed by atoms with Crippen LogP contribution in [0.2, 0.25) is 0 Å². The van der Waals surface area contributed by atoms with Crippen molar-refractivity contribution in [1.82, 2.24) is 15.2 Å². The minimum absolute atomic E-state index is 0.0758. The van der Waals surface area contributed by atoms with Gasteiger partial charge in [-0.1, -0.05) is 18.2 Å². The van der Waals surface area contributed by atoms with E-state index in [4.69, 9.17) is 4.42 Å². The predicted molar refractivity (Wildman–Crippen MR) is 96.5 cm³/mol. The maximum absolute atomic E-state index is 12.9. The van der Waals surface area contributed by atoms with Crippen molar-refractivity contribution in [3.8, 4) is 11.5 Å². The van der Waals surface area contributed by atoms with Crippen molar-refractivity contribution in [2.24, 2.45) is 5.92 Å². The van der Waals surface area contributed by atoms with Crippen molar-refractivity contribution < 1.29 is 14.0 Å². The molecule has 4 rings (SSSR count). The first kappa shape index (κ1) is 16.8. The molecule has 6 nitrogen and oxygen atoms in total. The summed E-state index contributed by atoms with van der Waals surface area (Å²) in [4.78, 5) is 31.4. The van der Waals surface area contributed by atoms with Crippen molar-refractivity contribution in [3.63, 3.8) is 0 Å². The summed E-state index contributed by atoms with van der Waals surface area (Å²) in [7, 11) is 0. The number of aryl methyl sites for hydroxylation is 1. The van der Waals surface area contributed by atoms with Crippen molar-refractivity contribution >= 4 is 11.8 Å². The molecule has 0 spiro atoms. The second-order valence-electron chi connectivity index (χ2n) is 7.16. The fourth-order valence-corrected chi connectivity index (χ4v) is 3.37. The Labute approximate surface area is 152 Å². The van der Waals surface area contributed by atoms with Crippen LogP contribution in [-0.2, 0) is 4.79 Å². The third-order valence-electron chi connectivity index (χ3n) is 5.02. The Kier molecular flexibility index (Phi) is 4.49. The Hall–Kier alpha value is -2.63. The Morgan fingerprint density at radius 3 is 2.69 bits per heavy atom. The molecule has 1 aliphatic heterocycles. The van der Waals surface area contributed by atoms with Crippen molar-refractivity contribution in [2.75, 3.05) is 13.1 Å². The molecule has 26 heavy (non-hydrogen) atoms. The average molecular weight is 353 g/mol. The van der Waals surface area contributed by atoms with Gasteiger partial charge in [-0.15, -0.1) is 0 Å². The van der Waals surface area contributed by atoms with Gasteiger partial charge in [0, 0.05) is 24.7 Å². The average Bonchev–Trinajstić information content (AvgIpc) is 3.40. The van der Waals surface area contributed by atoms with Gasteiger partial charge >= 0.3 is 0 Å². The SMILES string of the molecule is Cc1oc(-c2ccccc2)nc1C(=O)N1CCCC(C(=O)NC2CC2)C1. The van der Waals surface area contributed by atoms with E-state index in [9.17, 15) is 9.59 Å². The van der Waals surface area contributed by atoms with Crippen molar-refractivity contribution in [1.29, 1.82) is 0 Å². The molecule has 6 heteroatoms. The molecular weight excluding hydrogens is 330 g/mol. The van der Waals surface area contributed by atoms with Crippen LogP contribution in [-0.4, -0.2) is 40.8 Å². The van der Waals surface area contributed by atoms with Crippen LogP contribution in [0.25, 0.3) is 11.5 Å². The first-order chi connectivity index (χ1) is 12.6. The number of benzene rings is 1. The number of nitrogens with zero attached hydrogens (tertiary/aromatic N) is 2. The molecule has 0 radical (unpaired) electrons. The van der Waals surface area contributed by atoms with Crippen LogP contribution in [0.5, 0.6) is 0 Å². The molecule has 136 valence electrons. The van der Waals surface area contributed by atoms with Gasteiger partial charge in [0.15, 0.2) is 5.69 Å². The summed E-state index contributed by atoms with van der Waals surface area (Å²) < 4.78 is 5.71. The number of oxazole rings is 1. The summed E-state index contributed by atoms with van der Waals surface area (Å²) in [5, 5.41) is 3.05. The Morgan fingerprint density at radius 2 is 1.96 bits per heavy atom. The molecule has 1 aliphatic carbocycles. The third kappa shape index (κ3) is 3.49. The number of likely N-dealkylation sites (tertiary alicyclic amines) is 1. The Morgan fingerprint density at radius 1 is 1.19 bits per heavy atom. The summed E-state index contributed by atoms with van der Waals surface area (Å²) in [6.45, 7) is 2.86. The van der Waals surface area contributed by atoms with Crippen LogP contribution in [0.1, 0.15) is 41.9 Å². The highest BCUT2D eigenvalue weighted by atomic mass is 16.4. The zero-order valence-corrected chi connectivity index (χ0v) is 14.9. The highest BCUT2D eigenvalue weighted by Crippen LogP contribution is 2.25. The minimum Gasteiger partial charge on any atom is -0.441 e. The number of hydrogen-bond acceptors (Lipinski definition) is 4. The second-order valence-corrected chi connectivity index (χ2v) is 7.16. The zero-order chi connectivity index (χ0) is 18.1. The molecule has 1 aromatic carbocycles. The zero-order valence-electron chi connectivity index (χ0n) is 14.9. The number of hydrogen-bond donors (Lipinski definition) is 1. The van der Waals surface area contributed by atoms with Gasteiger partial charge in [0.25, 0.3) is 5.91 Å². The molecule has 1 atom stereocenters. The third-order valence-corrected chi connectivity index (χ3v) is 5.02. The maximum Gasteiger partial charge on any atom is 0.276 e. The van der Waals surface area contributed by atoms with Gasteiger partial charge in [-0.3, -0.25) is 9.59 Å². The van der Waals surface area contributed by atoms with Crippen LogP contribution in [0, 0.1) is 12.8 Å². The molecule has 1 N–H and O–H groups in total. The topological polar surface area (TPSA) is 75.4 Å². The summed E-state index contributed by atoms with van der Waals surface area (Å²) in [5.41, 5.74) is 1.18. The highest BCUT2D eigenvalue weighted by molar-refractivity contribution is 5.94. The first-order valence-corrected chi connectivity index (χ1v) is 9.24. The van der Waals surface area contributed by atoms with Gasteiger partial charge in [-0.25, -0.2) is 4.98 Å². The van der Waals surface area contributed by atoms with E-state index in [0.717, 1.165) is 31.2 Å².